The summed E-state index contributed by atoms with van der Waals surface area (Å²) in [6.45, 7) is 0.178. The molecule has 0 N–H and O–H groups in total. The monoisotopic (exact) mass is 329 g/mol. The van der Waals surface area contributed by atoms with Gasteiger partial charge in [0, 0.05) is 16.0 Å². The molecular formula is C17H12ClNO2S. The molecule has 1 heterocycles. The molecule has 5 heteroatoms. The Labute approximate surface area is 137 Å². The van der Waals surface area contributed by atoms with E-state index in [0.717, 1.165) is 16.1 Å². The van der Waals surface area contributed by atoms with Gasteiger partial charge in [0.05, 0.1) is 0 Å². The number of hydrogen-bond acceptors (Lipinski definition) is 4. The van der Waals surface area contributed by atoms with Crippen LogP contribution in [0.15, 0.2) is 60.0 Å². The van der Waals surface area contributed by atoms with Crippen LogP contribution in [0.1, 0.15) is 16.1 Å². The maximum Gasteiger partial charge on any atom is 0.358 e. The summed E-state index contributed by atoms with van der Waals surface area (Å²) < 4.78 is 5.26. The highest BCUT2D eigenvalue weighted by Gasteiger charge is 2.13. The van der Waals surface area contributed by atoms with Crippen molar-refractivity contribution in [2.45, 2.75) is 6.61 Å². The molecule has 0 aliphatic carbocycles. The van der Waals surface area contributed by atoms with E-state index in [1.165, 1.54) is 11.3 Å². The first kappa shape index (κ1) is 14.8. The van der Waals surface area contributed by atoms with Crippen LogP contribution in [-0.2, 0) is 11.3 Å². The van der Waals surface area contributed by atoms with Crippen molar-refractivity contribution in [2.75, 3.05) is 0 Å². The van der Waals surface area contributed by atoms with Crippen molar-refractivity contribution in [3.63, 3.8) is 0 Å². The van der Waals surface area contributed by atoms with Crippen molar-refractivity contribution < 1.29 is 9.53 Å². The lowest BCUT2D eigenvalue weighted by atomic mass is 10.2. The van der Waals surface area contributed by atoms with E-state index >= 15 is 0 Å². The zero-order valence-corrected chi connectivity index (χ0v) is 13.1. The molecule has 0 aliphatic rings. The highest BCUT2D eigenvalue weighted by Crippen LogP contribution is 2.23. The van der Waals surface area contributed by atoms with Gasteiger partial charge in [0.25, 0.3) is 0 Å². The Morgan fingerprint density at radius 3 is 2.73 bits per heavy atom. The molecule has 3 nitrogen and oxygen atoms in total. The lowest BCUT2D eigenvalue weighted by Crippen LogP contribution is -2.05. The molecule has 0 radical (unpaired) electrons. The Balaban J connectivity index is 1.67. The van der Waals surface area contributed by atoms with Crippen molar-refractivity contribution >= 4 is 28.9 Å². The number of benzene rings is 2. The predicted molar refractivity (Wildman–Crippen MR) is 88.1 cm³/mol. The summed E-state index contributed by atoms with van der Waals surface area (Å²) in [4.78, 5) is 16.4. The van der Waals surface area contributed by atoms with E-state index in [4.69, 9.17) is 16.3 Å². The molecule has 110 valence electrons. The fraction of sp³-hybridized carbons (Fsp3) is 0.0588. The number of nitrogens with zero attached hydrogens (tertiary/aromatic N) is 1. The van der Waals surface area contributed by atoms with E-state index in [1.54, 1.807) is 17.5 Å². The zero-order valence-electron chi connectivity index (χ0n) is 11.5. The average Bonchev–Trinajstić information content (AvgIpc) is 3.04. The third kappa shape index (κ3) is 3.53. The van der Waals surface area contributed by atoms with Crippen LogP contribution >= 0.6 is 22.9 Å². The SMILES string of the molecule is O=C(OCc1cccc(Cl)c1)c1csc(-c2ccccc2)n1. The van der Waals surface area contributed by atoms with Crippen LogP contribution in [0, 0.1) is 0 Å². The minimum atomic E-state index is -0.432. The summed E-state index contributed by atoms with van der Waals surface area (Å²) in [5.41, 5.74) is 2.16. The van der Waals surface area contributed by atoms with Crippen molar-refractivity contribution in [1.82, 2.24) is 4.98 Å². The van der Waals surface area contributed by atoms with E-state index in [0.29, 0.717) is 10.7 Å². The second-order valence-electron chi connectivity index (χ2n) is 4.61. The molecule has 0 saturated heterocycles. The molecule has 0 saturated carbocycles. The second kappa shape index (κ2) is 6.73. The van der Waals surface area contributed by atoms with Gasteiger partial charge in [-0.25, -0.2) is 9.78 Å². The summed E-state index contributed by atoms with van der Waals surface area (Å²) in [6, 6.07) is 17.0. The van der Waals surface area contributed by atoms with E-state index in [2.05, 4.69) is 4.98 Å². The quantitative estimate of drug-likeness (QED) is 0.644. The minimum Gasteiger partial charge on any atom is -0.456 e. The van der Waals surface area contributed by atoms with Gasteiger partial charge in [-0.15, -0.1) is 11.3 Å². The lowest BCUT2D eigenvalue weighted by molar-refractivity contribution is 0.0467. The third-order valence-corrected chi connectivity index (χ3v) is 4.12. The molecule has 0 atom stereocenters. The fourth-order valence-electron chi connectivity index (χ4n) is 1.93. The second-order valence-corrected chi connectivity index (χ2v) is 5.90. The Kier molecular flexibility index (Phi) is 4.51. The fourth-order valence-corrected chi connectivity index (χ4v) is 2.94. The van der Waals surface area contributed by atoms with Gasteiger partial charge in [-0.3, -0.25) is 0 Å². The number of rotatable bonds is 4. The Bertz CT molecular complexity index is 786. The van der Waals surface area contributed by atoms with Crippen LogP contribution in [0.25, 0.3) is 10.6 Å². The molecular weight excluding hydrogens is 318 g/mol. The first-order chi connectivity index (χ1) is 10.7. The summed E-state index contributed by atoms with van der Waals surface area (Å²) in [5.74, 6) is -0.432. The van der Waals surface area contributed by atoms with Crippen LogP contribution in [0.3, 0.4) is 0 Å². The van der Waals surface area contributed by atoms with Crippen molar-refractivity contribution in [3.05, 3.63) is 76.3 Å². The van der Waals surface area contributed by atoms with E-state index in [-0.39, 0.29) is 6.61 Å². The van der Waals surface area contributed by atoms with E-state index in [9.17, 15) is 4.79 Å². The van der Waals surface area contributed by atoms with E-state index < -0.39 is 5.97 Å². The molecule has 3 rings (SSSR count). The molecule has 2 aromatic carbocycles. The Morgan fingerprint density at radius 1 is 1.14 bits per heavy atom. The van der Waals surface area contributed by atoms with Crippen molar-refractivity contribution in [3.8, 4) is 10.6 Å². The molecule has 0 spiro atoms. The van der Waals surface area contributed by atoms with Gasteiger partial charge in [-0.2, -0.15) is 0 Å². The molecule has 1 aromatic heterocycles. The van der Waals surface area contributed by atoms with Crippen LogP contribution in [-0.4, -0.2) is 11.0 Å². The number of thiazole rings is 1. The lowest BCUT2D eigenvalue weighted by Gasteiger charge is -2.03. The molecule has 0 amide bonds. The highest BCUT2D eigenvalue weighted by atomic mass is 35.5. The largest absolute Gasteiger partial charge is 0.456 e. The van der Waals surface area contributed by atoms with Crippen LogP contribution in [0.4, 0.5) is 0 Å². The number of carbonyl (C=O) groups is 1. The Hall–Kier alpha value is -2.17. The number of hydrogen-bond donors (Lipinski definition) is 0. The van der Waals surface area contributed by atoms with Crippen molar-refractivity contribution in [1.29, 1.82) is 0 Å². The first-order valence-corrected chi connectivity index (χ1v) is 7.90. The molecule has 0 bridgehead atoms. The summed E-state index contributed by atoms with van der Waals surface area (Å²) in [6.07, 6.45) is 0. The van der Waals surface area contributed by atoms with Gasteiger partial charge in [0.1, 0.15) is 11.6 Å². The maximum atomic E-state index is 12.0. The zero-order chi connectivity index (χ0) is 15.4. The summed E-state index contributed by atoms with van der Waals surface area (Å²) >= 11 is 7.32. The molecule has 0 unspecified atom stereocenters. The topological polar surface area (TPSA) is 39.2 Å². The number of aromatic nitrogens is 1. The maximum absolute atomic E-state index is 12.0. The number of halogens is 1. The van der Waals surface area contributed by atoms with Gasteiger partial charge in [-0.1, -0.05) is 54.1 Å². The summed E-state index contributed by atoms with van der Waals surface area (Å²) in [7, 11) is 0. The average molecular weight is 330 g/mol. The van der Waals surface area contributed by atoms with Gasteiger partial charge in [-0.05, 0) is 17.7 Å². The van der Waals surface area contributed by atoms with Gasteiger partial charge >= 0.3 is 5.97 Å². The molecule has 0 aliphatic heterocycles. The number of esters is 1. The normalized spacial score (nSPS) is 10.4. The smallest absolute Gasteiger partial charge is 0.358 e. The van der Waals surface area contributed by atoms with E-state index in [1.807, 2.05) is 42.5 Å². The summed E-state index contributed by atoms with van der Waals surface area (Å²) in [5, 5.41) is 3.13. The molecule has 3 aromatic rings. The highest BCUT2D eigenvalue weighted by molar-refractivity contribution is 7.13. The van der Waals surface area contributed by atoms with Crippen LogP contribution < -0.4 is 0 Å². The standard InChI is InChI=1S/C17H12ClNO2S/c18-14-8-4-5-12(9-14)10-21-17(20)15-11-22-16(19-15)13-6-2-1-3-7-13/h1-9,11H,10H2. The van der Waals surface area contributed by atoms with Crippen molar-refractivity contribution in [2.24, 2.45) is 0 Å². The molecule has 0 fully saturated rings. The minimum absolute atomic E-state index is 0.178. The van der Waals surface area contributed by atoms with Gasteiger partial charge in [0.2, 0.25) is 0 Å². The third-order valence-electron chi connectivity index (χ3n) is 2.99. The van der Waals surface area contributed by atoms with Gasteiger partial charge in [0.15, 0.2) is 5.69 Å². The number of carbonyl (C=O) groups excluding carboxylic acids is 1. The van der Waals surface area contributed by atoms with Crippen LogP contribution in [0.5, 0.6) is 0 Å². The molecule has 22 heavy (non-hydrogen) atoms. The van der Waals surface area contributed by atoms with Gasteiger partial charge < -0.3 is 4.74 Å². The first-order valence-electron chi connectivity index (χ1n) is 6.65. The predicted octanol–water partition coefficient (Wildman–Crippen LogP) is 4.82. The number of ether oxygens (including phenoxy) is 1. The Morgan fingerprint density at radius 2 is 1.95 bits per heavy atom. The van der Waals surface area contributed by atoms with Crippen LogP contribution in [0.2, 0.25) is 5.02 Å².